The molecule has 0 aromatic heterocycles. The minimum absolute atomic E-state index is 0.0567. The van der Waals surface area contributed by atoms with Gasteiger partial charge in [-0.25, -0.2) is 0 Å². The predicted octanol–water partition coefficient (Wildman–Crippen LogP) is -0.689. The second-order valence-electron chi connectivity index (χ2n) is 5.78. The molecule has 4 bridgehead atoms. The van der Waals surface area contributed by atoms with Crippen molar-refractivity contribution in [2.45, 2.75) is 38.5 Å². The first kappa shape index (κ1) is 11.3. The molecule has 4 heteroatoms. The van der Waals surface area contributed by atoms with Crippen molar-refractivity contribution in [2.24, 2.45) is 23.2 Å². The zero-order valence-corrected chi connectivity index (χ0v) is 11.7. The third-order valence-electron chi connectivity index (χ3n) is 4.64. The van der Waals surface area contributed by atoms with Crippen molar-refractivity contribution in [3.05, 3.63) is 0 Å². The van der Waals surface area contributed by atoms with Crippen molar-refractivity contribution in [1.29, 1.82) is 0 Å². The molecule has 0 radical (unpaired) electrons. The van der Waals surface area contributed by atoms with Gasteiger partial charge >= 0.3 is 108 Å². The molecule has 0 aromatic carbocycles. The molecule has 92 valence electrons. The van der Waals surface area contributed by atoms with E-state index in [1.165, 1.54) is 19.3 Å². The van der Waals surface area contributed by atoms with Gasteiger partial charge < -0.3 is 0 Å². The summed E-state index contributed by atoms with van der Waals surface area (Å²) in [5.74, 6) is 2.47. The molecule has 3 nitrogen and oxygen atoms in total. The summed E-state index contributed by atoms with van der Waals surface area (Å²) < 4.78 is 10.3. The van der Waals surface area contributed by atoms with Gasteiger partial charge in [-0.1, -0.05) is 0 Å². The van der Waals surface area contributed by atoms with E-state index in [2.05, 4.69) is 0 Å². The van der Waals surface area contributed by atoms with Crippen LogP contribution >= 0.6 is 0 Å². The first-order valence-corrected chi connectivity index (χ1v) is 7.87. The molecule has 0 unspecified atom stereocenters. The monoisotopic (exact) mass is 337 g/mol. The van der Waals surface area contributed by atoms with Gasteiger partial charge in [0.25, 0.3) is 0 Å². The zero-order valence-electron chi connectivity index (χ0n) is 9.58. The summed E-state index contributed by atoms with van der Waals surface area (Å²) in [6.45, 7) is 0. The summed E-state index contributed by atoms with van der Waals surface area (Å²) >= 11 is -0.817. The molecule has 4 aliphatic carbocycles. The van der Waals surface area contributed by atoms with Crippen molar-refractivity contribution in [3.8, 4) is 0 Å². The molecule has 0 atom stereocenters. The molecule has 16 heavy (non-hydrogen) atoms. The quantitative estimate of drug-likeness (QED) is 0.640. The summed E-state index contributed by atoms with van der Waals surface area (Å²) in [6, 6.07) is 0. The van der Waals surface area contributed by atoms with Crippen LogP contribution in [0.4, 0.5) is 0 Å². The minimum atomic E-state index is -0.817. The molecule has 0 aliphatic heterocycles. The molecule has 0 aromatic rings. The molecule has 0 spiro atoms. The van der Waals surface area contributed by atoms with Gasteiger partial charge in [0.2, 0.25) is 0 Å². The van der Waals surface area contributed by atoms with E-state index >= 15 is 0 Å². The molecule has 0 saturated heterocycles. The van der Waals surface area contributed by atoms with Gasteiger partial charge in [-0.15, -0.1) is 0 Å². The van der Waals surface area contributed by atoms with E-state index in [4.69, 9.17) is 6.13 Å². The average Bonchev–Trinajstić information content (AvgIpc) is 2.24. The number of hydrogen-bond acceptors (Lipinski definition) is 3. The van der Waals surface area contributed by atoms with Gasteiger partial charge in [-0.3, -0.25) is 0 Å². The Bertz CT molecular complexity index is 267. The van der Waals surface area contributed by atoms with Crippen LogP contribution in [0.2, 0.25) is 0 Å². The van der Waals surface area contributed by atoms with Gasteiger partial charge in [0.15, 0.2) is 0 Å². The van der Waals surface area contributed by atoms with Crippen LogP contribution in [0.1, 0.15) is 38.5 Å². The third-order valence-corrected chi connectivity index (χ3v) is 5.58. The van der Waals surface area contributed by atoms with Gasteiger partial charge in [-0.2, -0.15) is 0 Å². The van der Waals surface area contributed by atoms with Gasteiger partial charge in [-0.05, 0) is 0 Å². The molecule has 4 fully saturated rings. The molecular formula is C12H18IO3-. The number of rotatable bonds is 3. The Labute approximate surface area is 108 Å². The van der Waals surface area contributed by atoms with Gasteiger partial charge in [0.05, 0.1) is 0 Å². The SMILES string of the molecule is CO[I-]OC(=O)C12CC3CC(CC(C3)C1)C2. The molecule has 4 saturated carbocycles. The van der Waals surface area contributed by atoms with Crippen molar-refractivity contribution in [2.75, 3.05) is 7.11 Å². The van der Waals surface area contributed by atoms with E-state index in [9.17, 15) is 4.79 Å². The fourth-order valence-electron chi connectivity index (χ4n) is 4.50. The normalized spacial score (nSPS) is 44.9. The second-order valence-corrected chi connectivity index (χ2v) is 7.46. The molecule has 0 heterocycles. The summed E-state index contributed by atoms with van der Waals surface area (Å²) in [5.41, 5.74) is -0.104. The number of carbonyl (C=O) groups excluding carboxylic acids is 1. The van der Waals surface area contributed by atoms with E-state index < -0.39 is 22.0 Å². The maximum atomic E-state index is 12.2. The molecule has 4 aliphatic rings. The number of hydrogen-bond donors (Lipinski definition) is 0. The topological polar surface area (TPSA) is 35.5 Å². The second kappa shape index (κ2) is 4.12. The molecule has 0 N–H and O–H groups in total. The maximum absolute atomic E-state index is 12.2. The Morgan fingerprint density at radius 2 is 1.62 bits per heavy atom. The van der Waals surface area contributed by atoms with Crippen LogP contribution in [-0.4, -0.2) is 13.1 Å². The fraction of sp³-hybridized carbons (Fsp3) is 0.917. The standard InChI is InChI=1S/C12H18IO3/c1-15-13-16-11(14)12-5-8-2-9(6-12)4-10(3-8)7-12/h8-10H,2-7H2,1H3/q-1. The summed E-state index contributed by atoms with van der Waals surface area (Å²) in [5, 5.41) is 0. The van der Waals surface area contributed by atoms with E-state index in [0.717, 1.165) is 37.0 Å². The Balaban J connectivity index is 1.75. The van der Waals surface area contributed by atoms with E-state index in [0.29, 0.717) is 0 Å². The van der Waals surface area contributed by atoms with Crippen molar-refractivity contribution >= 4 is 5.97 Å². The van der Waals surface area contributed by atoms with Gasteiger partial charge in [0.1, 0.15) is 0 Å². The molecular weight excluding hydrogens is 319 g/mol. The van der Waals surface area contributed by atoms with Crippen molar-refractivity contribution < 1.29 is 33.0 Å². The van der Waals surface area contributed by atoms with Crippen molar-refractivity contribution in [1.82, 2.24) is 0 Å². The van der Waals surface area contributed by atoms with Crippen molar-refractivity contribution in [3.63, 3.8) is 0 Å². The van der Waals surface area contributed by atoms with Crippen LogP contribution in [0.25, 0.3) is 0 Å². The van der Waals surface area contributed by atoms with Crippen LogP contribution in [0.3, 0.4) is 0 Å². The molecule has 0 amide bonds. The van der Waals surface area contributed by atoms with E-state index in [1.54, 1.807) is 7.11 Å². The van der Waals surface area contributed by atoms with Crippen LogP contribution in [-0.2, 0) is 10.9 Å². The Morgan fingerprint density at radius 1 is 1.12 bits per heavy atom. The van der Waals surface area contributed by atoms with Crippen LogP contribution in [0.15, 0.2) is 0 Å². The summed E-state index contributed by atoms with van der Waals surface area (Å²) in [6.07, 6.45) is 7.37. The predicted molar refractivity (Wildman–Crippen MR) is 53.7 cm³/mol. The van der Waals surface area contributed by atoms with Crippen LogP contribution < -0.4 is 22.0 Å². The van der Waals surface area contributed by atoms with E-state index in [-0.39, 0.29) is 11.4 Å². The number of carbonyl (C=O) groups is 1. The zero-order chi connectivity index (χ0) is 11.2. The van der Waals surface area contributed by atoms with Crippen LogP contribution in [0, 0.1) is 23.2 Å². The number of halogens is 1. The summed E-state index contributed by atoms with van der Waals surface area (Å²) in [7, 11) is 1.61. The first-order valence-electron chi connectivity index (χ1n) is 6.11. The van der Waals surface area contributed by atoms with Gasteiger partial charge in [0, 0.05) is 0 Å². The average molecular weight is 337 g/mol. The fourth-order valence-corrected chi connectivity index (χ4v) is 5.31. The Hall–Kier alpha value is 0.160. The molecule has 4 rings (SSSR count). The van der Waals surface area contributed by atoms with Crippen LogP contribution in [0.5, 0.6) is 0 Å². The Kier molecular flexibility index (Phi) is 2.90. The summed E-state index contributed by atoms with van der Waals surface area (Å²) in [4.78, 5) is 12.2. The van der Waals surface area contributed by atoms with E-state index in [1.807, 2.05) is 0 Å². The third kappa shape index (κ3) is 1.78. The Morgan fingerprint density at radius 3 is 2.06 bits per heavy atom. The first-order chi connectivity index (χ1) is 7.72.